The van der Waals surface area contributed by atoms with E-state index in [9.17, 15) is 9.59 Å². The number of hydrogen-bond acceptors (Lipinski definition) is 5. The summed E-state index contributed by atoms with van der Waals surface area (Å²) in [6.07, 6.45) is 1.17. The van der Waals surface area contributed by atoms with Gasteiger partial charge < -0.3 is 15.8 Å². The first-order chi connectivity index (χ1) is 15.0. The largest absolute Gasteiger partial charge is 0.490 e. The van der Waals surface area contributed by atoms with Crippen molar-refractivity contribution in [1.82, 2.24) is 19.7 Å². The quantitative estimate of drug-likeness (QED) is 0.580. The lowest BCUT2D eigenvalue weighted by Gasteiger charge is -2.21. The maximum Gasteiger partial charge on any atom is 0.350 e. The Kier molecular flexibility index (Phi) is 8.60. The molecule has 8 nitrogen and oxygen atoms in total. The molecule has 0 radical (unpaired) electrons. The minimum Gasteiger partial charge on any atom is -0.490 e. The van der Waals surface area contributed by atoms with Gasteiger partial charge in [-0.05, 0) is 31.7 Å². The van der Waals surface area contributed by atoms with Gasteiger partial charge in [0.1, 0.15) is 23.1 Å². The number of halogens is 1. The molecule has 0 saturated carbocycles. The number of carbonyl (C=O) groups is 1. The van der Waals surface area contributed by atoms with Crippen LogP contribution in [0.15, 0.2) is 16.9 Å². The normalized spacial score (nSPS) is 13.5. The fourth-order valence-corrected chi connectivity index (χ4v) is 3.61. The van der Waals surface area contributed by atoms with E-state index in [1.54, 1.807) is 7.05 Å². The van der Waals surface area contributed by atoms with Gasteiger partial charge in [-0.3, -0.25) is 9.36 Å². The SMILES string of the molecule is CCC(CN)NC(=O)c1cc(F)c(-n2nc(C(C)C)n(C)c2=O)cc1OC(C)CC(C)C. The topological polar surface area (TPSA) is 104 Å². The Morgan fingerprint density at radius 2 is 1.91 bits per heavy atom. The summed E-state index contributed by atoms with van der Waals surface area (Å²) in [5, 5.41) is 7.13. The number of rotatable bonds is 10. The lowest BCUT2D eigenvalue weighted by molar-refractivity contribution is 0.0928. The van der Waals surface area contributed by atoms with E-state index in [-0.39, 0.29) is 41.6 Å². The molecule has 0 spiro atoms. The van der Waals surface area contributed by atoms with Crippen LogP contribution in [0.1, 0.15) is 76.5 Å². The average molecular weight is 450 g/mol. The van der Waals surface area contributed by atoms with Gasteiger partial charge >= 0.3 is 5.69 Å². The molecule has 0 fully saturated rings. The summed E-state index contributed by atoms with van der Waals surface area (Å²) >= 11 is 0. The van der Waals surface area contributed by atoms with Crippen molar-refractivity contribution < 1.29 is 13.9 Å². The molecule has 1 aromatic carbocycles. The standard InChI is InChI=1S/C23H36FN5O3/c1-8-16(12-25)26-22(30)17-10-18(24)19(11-20(17)32-15(6)9-13(2)3)29-23(31)28(7)21(27-29)14(4)5/h10-11,13-16H,8-9,12,25H2,1-7H3,(H,26,30). The van der Waals surface area contributed by atoms with Crippen molar-refractivity contribution >= 4 is 5.91 Å². The van der Waals surface area contributed by atoms with Crippen LogP contribution in [0, 0.1) is 11.7 Å². The Morgan fingerprint density at radius 3 is 2.41 bits per heavy atom. The molecule has 2 atom stereocenters. The summed E-state index contributed by atoms with van der Waals surface area (Å²) in [7, 11) is 1.60. The molecule has 0 saturated heterocycles. The molecule has 1 amide bonds. The number of nitrogens with one attached hydrogen (secondary N) is 1. The third-order valence-electron chi connectivity index (χ3n) is 5.30. The minimum absolute atomic E-state index is 0.0221. The van der Waals surface area contributed by atoms with Gasteiger partial charge in [0.05, 0.1) is 11.7 Å². The number of carbonyl (C=O) groups excluding carboxylic acids is 1. The van der Waals surface area contributed by atoms with E-state index in [0.29, 0.717) is 18.2 Å². The molecule has 9 heteroatoms. The molecule has 1 heterocycles. The number of ether oxygens (including phenoxy) is 1. The Balaban J connectivity index is 2.59. The molecule has 178 valence electrons. The Morgan fingerprint density at radius 1 is 1.25 bits per heavy atom. The van der Waals surface area contributed by atoms with E-state index in [0.717, 1.165) is 17.2 Å². The lowest BCUT2D eigenvalue weighted by atomic mass is 10.1. The molecule has 0 bridgehead atoms. The predicted molar refractivity (Wildman–Crippen MR) is 123 cm³/mol. The summed E-state index contributed by atoms with van der Waals surface area (Å²) in [4.78, 5) is 25.6. The fourth-order valence-electron chi connectivity index (χ4n) is 3.61. The van der Waals surface area contributed by atoms with Gasteiger partial charge in [-0.25, -0.2) is 9.18 Å². The molecule has 2 unspecified atom stereocenters. The first kappa shape index (κ1) is 25.6. The van der Waals surface area contributed by atoms with Gasteiger partial charge in [0, 0.05) is 31.6 Å². The van der Waals surface area contributed by atoms with Crippen LogP contribution in [0.4, 0.5) is 4.39 Å². The monoisotopic (exact) mass is 449 g/mol. The van der Waals surface area contributed by atoms with Crippen molar-refractivity contribution in [2.45, 2.75) is 72.4 Å². The highest BCUT2D eigenvalue weighted by Gasteiger charge is 2.24. The van der Waals surface area contributed by atoms with E-state index in [1.165, 1.54) is 10.6 Å². The van der Waals surface area contributed by atoms with Gasteiger partial charge in [-0.1, -0.05) is 34.6 Å². The summed E-state index contributed by atoms with van der Waals surface area (Å²) in [6, 6.07) is 2.24. The van der Waals surface area contributed by atoms with Crippen LogP contribution in [-0.2, 0) is 7.05 Å². The number of hydrogen-bond donors (Lipinski definition) is 2. The van der Waals surface area contributed by atoms with Crippen molar-refractivity contribution in [1.29, 1.82) is 0 Å². The maximum atomic E-state index is 15.2. The fraction of sp³-hybridized carbons (Fsp3) is 0.609. The van der Waals surface area contributed by atoms with Crippen molar-refractivity contribution in [3.63, 3.8) is 0 Å². The molecule has 0 aliphatic heterocycles. The zero-order valence-electron chi connectivity index (χ0n) is 20.1. The van der Waals surface area contributed by atoms with Crippen molar-refractivity contribution in [3.05, 3.63) is 39.8 Å². The van der Waals surface area contributed by atoms with E-state index in [4.69, 9.17) is 10.5 Å². The van der Waals surface area contributed by atoms with Gasteiger partial charge in [-0.2, -0.15) is 4.68 Å². The molecule has 2 aromatic rings. The van der Waals surface area contributed by atoms with Crippen molar-refractivity contribution in [3.8, 4) is 11.4 Å². The average Bonchev–Trinajstić information content (AvgIpc) is 3.01. The van der Waals surface area contributed by atoms with Crippen molar-refractivity contribution in [2.75, 3.05) is 6.54 Å². The second kappa shape index (κ2) is 10.8. The molecule has 1 aromatic heterocycles. The Hall–Kier alpha value is -2.68. The van der Waals surface area contributed by atoms with Gasteiger partial charge in [0.25, 0.3) is 5.91 Å². The highest BCUT2D eigenvalue weighted by molar-refractivity contribution is 5.97. The van der Waals surface area contributed by atoms with E-state index >= 15 is 4.39 Å². The number of nitrogens with two attached hydrogens (primary N) is 1. The van der Waals surface area contributed by atoms with Crippen LogP contribution >= 0.6 is 0 Å². The Bertz CT molecular complexity index is 992. The number of nitrogens with zero attached hydrogens (tertiary/aromatic N) is 3. The number of amides is 1. The van der Waals surface area contributed by atoms with Gasteiger partial charge in [-0.15, -0.1) is 5.10 Å². The number of aromatic nitrogens is 3. The predicted octanol–water partition coefficient (Wildman–Crippen LogP) is 3.11. The second-order valence-electron chi connectivity index (χ2n) is 8.94. The van der Waals surface area contributed by atoms with Crippen LogP contribution < -0.4 is 21.5 Å². The maximum absolute atomic E-state index is 15.2. The molecular weight excluding hydrogens is 413 g/mol. The molecule has 0 aliphatic rings. The molecule has 2 rings (SSSR count). The smallest absolute Gasteiger partial charge is 0.350 e. The van der Waals surface area contributed by atoms with Crippen LogP contribution in [0.2, 0.25) is 0 Å². The molecule has 32 heavy (non-hydrogen) atoms. The van der Waals surface area contributed by atoms with Crippen LogP contribution in [0.3, 0.4) is 0 Å². The molecule has 3 N–H and O–H groups in total. The first-order valence-corrected chi connectivity index (χ1v) is 11.2. The third kappa shape index (κ3) is 5.76. The van der Waals surface area contributed by atoms with Gasteiger partial charge in [0.2, 0.25) is 0 Å². The molecule has 0 aliphatic carbocycles. The highest BCUT2D eigenvalue weighted by Crippen LogP contribution is 2.28. The zero-order valence-corrected chi connectivity index (χ0v) is 20.1. The zero-order chi connectivity index (χ0) is 24.2. The summed E-state index contributed by atoms with van der Waals surface area (Å²) in [5.41, 5.74) is 5.22. The highest BCUT2D eigenvalue weighted by atomic mass is 19.1. The minimum atomic E-state index is -0.740. The summed E-state index contributed by atoms with van der Waals surface area (Å²) in [6.45, 7) is 12.0. The third-order valence-corrected chi connectivity index (χ3v) is 5.30. The Labute approximate surface area is 188 Å². The summed E-state index contributed by atoms with van der Waals surface area (Å²) < 4.78 is 23.6. The van der Waals surface area contributed by atoms with E-state index in [1.807, 2.05) is 27.7 Å². The lowest BCUT2D eigenvalue weighted by Crippen LogP contribution is -2.40. The van der Waals surface area contributed by atoms with E-state index < -0.39 is 17.4 Å². The van der Waals surface area contributed by atoms with Crippen LogP contribution in [-0.4, -0.2) is 38.9 Å². The second-order valence-corrected chi connectivity index (χ2v) is 8.94. The number of benzene rings is 1. The van der Waals surface area contributed by atoms with E-state index in [2.05, 4.69) is 24.3 Å². The van der Waals surface area contributed by atoms with Crippen LogP contribution in [0.5, 0.6) is 5.75 Å². The van der Waals surface area contributed by atoms with Crippen LogP contribution in [0.25, 0.3) is 5.69 Å². The van der Waals surface area contributed by atoms with Crippen molar-refractivity contribution in [2.24, 2.45) is 18.7 Å². The first-order valence-electron chi connectivity index (χ1n) is 11.2. The summed E-state index contributed by atoms with van der Waals surface area (Å²) in [5.74, 6) is -0.142. The van der Waals surface area contributed by atoms with Gasteiger partial charge in [0.15, 0.2) is 0 Å². The molecular formula is C23H36FN5O3.